The molecule has 0 saturated carbocycles. The van der Waals surface area contributed by atoms with E-state index in [2.05, 4.69) is 10.3 Å². The summed E-state index contributed by atoms with van der Waals surface area (Å²) < 4.78 is 13.6. The van der Waals surface area contributed by atoms with E-state index in [4.69, 9.17) is 11.6 Å². The maximum absolute atomic E-state index is 13.6. The van der Waals surface area contributed by atoms with E-state index >= 15 is 0 Å². The second kappa shape index (κ2) is 6.93. The molecule has 2 aromatic rings. The molecule has 5 nitrogen and oxygen atoms in total. The van der Waals surface area contributed by atoms with Gasteiger partial charge < -0.3 is 15.4 Å². The molecule has 1 atom stereocenters. The number of halogens is 2. The van der Waals surface area contributed by atoms with Gasteiger partial charge in [0.15, 0.2) is 0 Å². The van der Waals surface area contributed by atoms with Gasteiger partial charge in [-0.1, -0.05) is 29.8 Å². The first kappa shape index (κ1) is 17.2. The van der Waals surface area contributed by atoms with Crippen molar-refractivity contribution in [3.63, 3.8) is 0 Å². The average Bonchev–Trinajstić information content (AvgIpc) is 2.51. The van der Waals surface area contributed by atoms with Gasteiger partial charge in [-0.3, -0.25) is 9.59 Å². The van der Waals surface area contributed by atoms with Crippen molar-refractivity contribution in [1.29, 1.82) is 0 Å². The van der Waals surface area contributed by atoms with Gasteiger partial charge in [0.05, 0.1) is 11.1 Å². The van der Waals surface area contributed by atoms with Crippen LogP contribution < -0.4 is 10.9 Å². The van der Waals surface area contributed by atoms with Gasteiger partial charge in [0.1, 0.15) is 11.4 Å². The summed E-state index contributed by atoms with van der Waals surface area (Å²) in [5, 5.41) is 12.7. The van der Waals surface area contributed by atoms with Crippen LogP contribution in [0.2, 0.25) is 5.02 Å². The Balaban J connectivity index is 2.17. The number of hydrogen-bond donors (Lipinski definition) is 3. The topological polar surface area (TPSA) is 82.2 Å². The Labute approximate surface area is 137 Å². The molecular formula is C16H16ClFN2O3. The predicted octanol–water partition coefficient (Wildman–Crippen LogP) is 2.25. The molecule has 0 radical (unpaired) electrons. The largest absolute Gasteiger partial charge is 0.386 e. The van der Waals surface area contributed by atoms with E-state index < -0.39 is 23.4 Å². The summed E-state index contributed by atoms with van der Waals surface area (Å²) in [4.78, 5) is 26.6. The Morgan fingerprint density at radius 3 is 2.70 bits per heavy atom. The number of aliphatic hydroxyl groups is 1. The Hall–Kier alpha value is -2.18. The van der Waals surface area contributed by atoms with Gasteiger partial charge in [-0.25, -0.2) is 4.39 Å². The molecule has 122 valence electrons. The molecule has 1 heterocycles. The lowest BCUT2D eigenvalue weighted by atomic mass is 10.1. The van der Waals surface area contributed by atoms with Crippen LogP contribution >= 0.6 is 11.6 Å². The average molecular weight is 339 g/mol. The fraction of sp³-hybridized carbons (Fsp3) is 0.250. The zero-order chi connectivity index (χ0) is 17.1. The lowest BCUT2D eigenvalue weighted by molar-refractivity contribution is 0.0912. The third kappa shape index (κ3) is 3.60. The Morgan fingerprint density at radius 1 is 1.39 bits per heavy atom. The molecule has 3 N–H and O–H groups in total. The molecule has 0 saturated heterocycles. The van der Waals surface area contributed by atoms with Gasteiger partial charge in [0.25, 0.3) is 11.5 Å². The number of carbonyl (C=O) groups is 1. The first-order chi connectivity index (χ1) is 10.8. The second-order valence-electron chi connectivity index (χ2n) is 5.14. The van der Waals surface area contributed by atoms with E-state index in [1.54, 1.807) is 19.9 Å². The highest BCUT2D eigenvalue weighted by molar-refractivity contribution is 6.32. The van der Waals surface area contributed by atoms with Crippen molar-refractivity contribution in [3.8, 4) is 0 Å². The SMILES string of the molecule is Cc1[nH]c(=O)c(C(=O)NC[C@H](O)c2ccccc2F)c(C)c1Cl. The number of aryl methyl sites for hydroxylation is 1. The smallest absolute Gasteiger partial charge is 0.261 e. The molecule has 0 aliphatic heterocycles. The molecule has 2 rings (SSSR count). The van der Waals surface area contributed by atoms with Gasteiger partial charge in [0.2, 0.25) is 0 Å². The van der Waals surface area contributed by atoms with E-state index in [-0.39, 0.29) is 17.7 Å². The number of rotatable bonds is 4. The van der Waals surface area contributed by atoms with Crippen molar-refractivity contribution in [2.24, 2.45) is 0 Å². The summed E-state index contributed by atoms with van der Waals surface area (Å²) in [5.41, 5.74) is 0.201. The van der Waals surface area contributed by atoms with E-state index in [9.17, 15) is 19.1 Å². The first-order valence-electron chi connectivity index (χ1n) is 6.92. The van der Waals surface area contributed by atoms with Crippen molar-refractivity contribution < 1.29 is 14.3 Å². The van der Waals surface area contributed by atoms with E-state index in [0.717, 1.165) is 0 Å². The van der Waals surface area contributed by atoms with Crippen LogP contribution in [-0.2, 0) is 0 Å². The number of aliphatic hydroxyl groups excluding tert-OH is 1. The minimum absolute atomic E-state index is 0.0698. The van der Waals surface area contributed by atoms with Crippen molar-refractivity contribution in [2.45, 2.75) is 20.0 Å². The highest BCUT2D eigenvalue weighted by Gasteiger charge is 2.19. The maximum atomic E-state index is 13.6. The Bertz CT molecular complexity index is 804. The number of pyridine rings is 1. The maximum Gasteiger partial charge on any atom is 0.261 e. The molecule has 0 aliphatic carbocycles. The standard InChI is InChI=1S/C16H16ClFN2O3/c1-8-13(16(23)20-9(2)14(8)17)15(22)19-7-12(21)10-5-3-4-6-11(10)18/h3-6,12,21H,7H2,1-2H3,(H,19,22)(H,20,23)/t12-/m0/s1. The summed E-state index contributed by atoms with van der Waals surface area (Å²) >= 11 is 6.03. The van der Waals surface area contributed by atoms with Gasteiger partial charge in [-0.05, 0) is 25.5 Å². The van der Waals surface area contributed by atoms with Crippen LogP contribution in [0, 0.1) is 19.7 Å². The molecule has 0 spiro atoms. The summed E-state index contributed by atoms with van der Waals surface area (Å²) in [5.74, 6) is -1.25. The lowest BCUT2D eigenvalue weighted by Crippen LogP contribution is -2.34. The molecule has 0 unspecified atom stereocenters. The highest BCUT2D eigenvalue weighted by Crippen LogP contribution is 2.19. The third-order valence-electron chi connectivity index (χ3n) is 3.51. The monoisotopic (exact) mass is 338 g/mol. The summed E-state index contributed by atoms with van der Waals surface area (Å²) in [6, 6.07) is 5.72. The molecule has 23 heavy (non-hydrogen) atoms. The number of aromatic nitrogens is 1. The van der Waals surface area contributed by atoms with Crippen LogP contribution in [0.5, 0.6) is 0 Å². The van der Waals surface area contributed by atoms with Crippen molar-refractivity contribution in [3.05, 3.63) is 67.8 Å². The fourth-order valence-corrected chi connectivity index (χ4v) is 2.40. The van der Waals surface area contributed by atoms with Gasteiger partial charge in [-0.15, -0.1) is 0 Å². The second-order valence-corrected chi connectivity index (χ2v) is 5.52. The lowest BCUT2D eigenvalue weighted by Gasteiger charge is -2.14. The normalized spacial score (nSPS) is 12.0. The van der Waals surface area contributed by atoms with Gasteiger partial charge in [-0.2, -0.15) is 0 Å². The molecule has 1 amide bonds. The van der Waals surface area contributed by atoms with Gasteiger partial charge >= 0.3 is 0 Å². The van der Waals surface area contributed by atoms with E-state index in [1.807, 2.05) is 0 Å². The zero-order valence-electron chi connectivity index (χ0n) is 12.6. The molecular weight excluding hydrogens is 323 g/mol. The molecule has 0 aliphatic rings. The zero-order valence-corrected chi connectivity index (χ0v) is 13.4. The first-order valence-corrected chi connectivity index (χ1v) is 7.30. The number of nitrogens with one attached hydrogen (secondary N) is 2. The number of amides is 1. The number of H-pyrrole nitrogens is 1. The van der Waals surface area contributed by atoms with E-state index in [1.165, 1.54) is 18.2 Å². The Morgan fingerprint density at radius 2 is 2.04 bits per heavy atom. The number of hydrogen-bond acceptors (Lipinski definition) is 3. The minimum Gasteiger partial charge on any atom is -0.386 e. The Kier molecular flexibility index (Phi) is 5.18. The summed E-state index contributed by atoms with van der Waals surface area (Å²) in [6.07, 6.45) is -1.22. The molecule has 0 fully saturated rings. The number of aromatic amines is 1. The van der Waals surface area contributed by atoms with E-state index in [0.29, 0.717) is 16.3 Å². The van der Waals surface area contributed by atoms with Crippen LogP contribution in [0.25, 0.3) is 0 Å². The van der Waals surface area contributed by atoms with Crippen LogP contribution in [0.3, 0.4) is 0 Å². The summed E-state index contributed by atoms with van der Waals surface area (Å²) in [6.45, 7) is 2.96. The minimum atomic E-state index is -1.22. The van der Waals surface area contributed by atoms with Crippen LogP contribution in [-0.4, -0.2) is 22.5 Å². The van der Waals surface area contributed by atoms with Crippen LogP contribution in [0.4, 0.5) is 4.39 Å². The van der Waals surface area contributed by atoms with Crippen molar-refractivity contribution >= 4 is 17.5 Å². The number of benzene rings is 1. The fourth-order valence-electron chi connectivity index (χ4n) is 2.26. The molecule has 0 bridgehead atoms. The van der Waals surface area contributed by atoms with Crippen LogP contribution in [0.1, 0.15) is 33.3 Å². The highest BCUT2D eigenvalue weighted by atomic mass is 35.5. The third-order valence-corrected chi connectivity index (χ3v) is 4.08. The molecule has 7 heteroatoms. The van der Waals surface area contributed by atoms with Crippen molar-refractivity contribution in [1.82, 2.24) is 10.3 Å². The van der Waals surface area contributed by atoms with Crippen LogP contribution in [0.15, 0.2) is 29.1 Å². The number of carbonyl (C=O) groups excluding carboxylic acids is 1. The molecule has 1 aromatic heterocycles. The summed E-state index contributed by atoms with van der Waals surface area (Å²) in [7, 11) is 0. The van der Waals surface area contributed by atoms with Gasteiger partial charge in [0, 0.05) is 17.8 Å². The quantitative estimate of drug-likeness (QED) is 0.799. The molecule has 1 aromatic carbocycles. The predicted molar refractivity (Wildman–Crippen MR) is 85.2 cm³/mol. The van der Waals surface area contributed by atoms with Crippen molar-refractivity contribution in [2.75, 3.05) is 6.54 Å².